The van der Waals surface area contributed by atoms with Crippen molar-refractivity contribution in [3.05, 3.63) is 82.8 Å². The topological polar surface area (TPSA) is 145 Å². The zero-order valence-electron chi connectivity index (χ0n) is 28.9. The molecule has 2 amide bonds. The maximum atomic E-state index is 15.5. The number of aliphatic hydroxyl groups is 3. The Bertz CT molecular complexity index is 1850. The Morgan fingerprint density at radius 3 is 2.55 bits per heavy atom. The van der Waals surface area contributed by atoms with Crippen LogP contribution in [0.4, 0.5) is 27.6 Å². The van der Waals surface area contributed by atoms with Gasteiger partial charge >= 0.3 is 6.18 Å². The molecular formula is C36H39F5N4O7S. The lowest BCUT2D eigenvalue weighted by atomic mass is 9.90. The van der Waals surface area contributed by atoms with Crippen LogP contribution in [0, 0.1) is 11.6 Å². The van der Waals surface area contributed by atoms with Crippen LogP contribution in [0.2, 0.25) is 0 Å². The number of nitrogens with zero attached hydrogens (tertiary/aromatic N) is 3. The van der Waals surface area contributed by atoms with Gasteiger partial charge in [-0.05, 0) is 69.2 Å². The molecule has 0 unspecified atom stereocenters. The number of amides is 2. The minimum atomic E-state index is -4.70. The average molecular weight is 767 g/mol. The van der Waals surface area contributed by atoms with Gasteiger partial charge in [0.25, 0.3) is 11.8 Å². The summed E-state index contributed by atoms with van der Waals surface area (Å²) in [6.07, 6.45) is -0.859. The number of pyridine rings is 1. The maximum absolute atomic E-state index is 15.5. The van der Waals surface area contributed by atoms with Crippen molar-refractivity contribution in [2.75, 3.05) is 44.5 Å². The van der Waals surface area contributed by atoms with Gasteiger partial charge in [0.15, 0.2) is 11.6 Å². The molecule has 11 nitrogen and oxygen atoms in total. The van der Waals surface area contributed by atoms with Crippen LogP contribution < -0.4 is 10.1 Å². The smallest absolute Gasteiger partial charge is 0.416 e. The van der Waals surface area contributed by atoms with Crippen LogP contribution in [0.1, 0.15) is 43.7 Å². The fourth-order valence-electron chi connectivity index (χ4n) is 6.19. The van der Waals surface area contributed by atoms with E-state index in [9.17, 15) is 33.0 Å². The quantitative estimate of drug-likeness (QED) is 0.0643. The number of unbranched alkanes of at least 4 members (excludes halogenated alkanes) is 1. The number of aromatic nitrogens is 1. The molecule has 5 rings (SSSR count). The highest BCUT2D eigenvalue weighted by atomic mass is 32.2. The van der Waals surface area contributed by atoms with Gasteiger partial charge in [0.05, 0.1) is 42.5 Å². The van der Waals surface area contributed by atoms with Crippen LogP contribution in [0.3, 0.4) is 0 Å². The van der Waals surface area contributed by atoms with Gasteiger partial charge in [-0.2, -0.15) is 17.6 Å². The number of halogens is 5. The third-order valence-electron chi connectivity index (χ3n) is 9.08. The number of ether oxygens (including phenoxy) is 2. The molecule has 3 aromatic rings. The molecule has 2 aromatic carbocycles. The second-order valence-corrected chi connectivity index (χ2v) is 13.5. The minimum Gasteiger partial charge on any atom is -0.509 e. The fraction of sp³-hybridized carbons (Fsp3) is 0.417. The summed E-state index contributed by atoms with van der Waals surface area (Å²) in [7, 11) is 0. The monoisotopic (exact) mass is 766 g/mol. The number of hydrazine groups is 1. The van der Waals surface area contributed by atoms with Crippen LogP contribution >= 0.6 is 11.8 Å². The summed E-state index contributed by atoms with van der Waals surface area (Å²) in [5, 5.41) is 35.2. The Labute approximate surface area is 306 Å². The van der Waals surface area contributed by atoms with E-state index in [1.165, 1.54) is 35.1 Å². The van der Waals surface area contributed by atoms with E-state index in [0.717, 1.165) is 23.2 Å². The number of carbonyl (C=O) groups excluding carboxylic acids is 2. The van der Waals surface area contributed by atoms with Crippen molar-refractivity contribution < 1.29 is 56.3 Å². The predicted octanol–water partition coefficient (Wildman–Crippen LogP) is 5.86. The van der Waals surface area contributed by atoms with Crippen molar-refractivity contribution >= 4 is 29.3 Å². The van der Waals surface area contributed by atoms with E-state index in [1.807, 2.05) is 0 Å². The molecule has 2 aliphatic heterocycles. The summed E-state index contributed by atoms with van der Waals surface area (Å²) in [5.41, 5.74) is -3.06. The molecule has 1 fully saturated rings. The molecule has 2 atom stereocenters. The van der Waals surface area contributed by atoms with Crippen molar-refractivity contribution in [1.29, 1.82) is 0 Å². The van der Waals surface area contributed by atoms with E-state index in [0.29, 0.717) is 30.7 Å². The van der Waals surface area contributed by atoms with Gasteiger partial charge in [-0.15, -0.1) is 11.8 Å². The van der Waals surface area contributed by atoms with Crippen LogP contribution in [0.5, 0.6) is 5.75 Å². The SMILES string of the molecule is CSc1ccc(-c2cc(C(F)(F)F)ccc2NC(=O)C2=C(O)[C@@]3(C)CCCN3N(Cc3ccc(OCCCCOC[C@H](O)CO)c(F)c3F)C2=O)cn1. The molecular weight excluding hydrogens is 727 g/mol. The Morgan fingerprint density at radius 2 is 1.87 bits per heavy atom. The number of benzene rings is 2. The molecule has 0 radical (unpaired) electrons. The first-order chi connectivity index (χ1) is 25.2. The molecule has 2 aliphatic rings. The minimum absolute atomic E-state index is 0.0290. The zero-order valence-corrected chi connectivity index (χ0v) is 29.7. The molecule has 4 N–H and O–H groups in total. The van der Waals surface area contributed by atoms with E-state index in [4.69, 9.17) is 14.6 Å². The highest BCUT2D eigenvalue weighted by molar-refractivity contribution is 7.98. The molecule has 3 heterocycles. The van der Waals surface area contributed by atoms with Crippen molar-refractivity contribution in [1.82, 2.24) is 15.0 Å². The van der Waals surface area contributed by atoms with Crippen molar-refractivity contribution in [3.63, 3.8) is 0 Å². The summed E-state index contributed by atoms with van der Waals surface area (Å²) in [4.78, 5) is 32.1. The normalized spacial score (nSPS) is 18.4. The third kappa shape index (κ3) is 8.75. The van der Waals surface area contributed by atoms with E-state index >= 15 is 8.78 Å². The van der Waals surface area contributed by atoms with E-state index < -0.39 is 71.3 Å². The lowest BCUT2D eigenvalue weighted by molar-refractivity contribution is -0.160. The van der Waals surface area contributed by atoms with Gasteiger partial charge in [-0.1, -0.05) is 12.1 Å². The first-order valence-corrected chi connectivity index (χ1v) is 17.9. The third-order valence-corrected chi connectivity index (χ3v) is 9.74. The number of rotatable bonds is 15. The summed E-state index contributed by atoms with van der Waals surface area (Å²) < 4.78 is 82.4. The fourth-order valence-corrected chi connectivity index (χ4v) is 6.55. The second kappa shape index (κ2) is 16.8. The molecule has 53 heavy (non-hydrogen) atoms. The summed E-state index contributed by atoms with van der Waals surface area (Å²) in [6, 6.07) is 8.28. The second-order valence-electron chi connectivity index (χ2n) is 12.7. The van der Waals surface area contributed by atoms with Crippen LogP contribution in [0.15, 0.2) is 65.0 Å². The van der Waals surface area contributed by atoms with Gasteiger partial charge < -0.3 is 30.1 Å². The Balaban J connectivity index is 1.36. The van der Waals surface area contributed by atoms with Gasteiger partial charge in [0.1, 0.15) is 17.4 Å². The largest absolute Gasteiger partial charge is 0.509 e. The maximum Gasteiger partial charge on any atom is 0.416 e. The van der Waals surface area contributed by atoms with Crippen molar-refractivity contribution in [3.8, 4) is 16.9 Å². The molecule has 286 valence electrons. The van der Waals surface area contributed by atoms with Crippen molar-refractivity contribution in [2.24, 2.45) is 0 Å². The van der Waals surface area contributed by atoms with E-state index in [-0.39, 0.29) is 54.5 Å². The van der Waals surface area contributed by atoms with E-state index in [1.54, 1.807) is 25.3 Å². The Kier molecular flexibility index (Phi) is 12.7. The number of carbonyl (C=O) groups is 2. The first-order valence-electron chi connectivity index (χ1n) is 16.7. The lowest BCUT2D eigenvalue weighted by Crippen LogP contribution is -2.60. The number of hydrogen-bond donors (Lipinski definition) is 4. The van der Waals surface area contributed by atoms with Gasteiger partial charge in [-0.3, -0.25) is 14.6 Å². The van der Waals surface area contributed by atoms with Crippen LogP contribution in [-0.2, 0) is 27.0 Å². The van der Waals surface area contributed by atoms with Gasteiger partial charge in [0.2, 0.25) is 5.82 Å². The van der Waals surface area contributed by atoms with Crippen LogP contribution in [0.25, 0.3) is 11.1 Å². The standard InChI is InChI=1S/C36H39F5N4O7S/c1-35-12-5-13-45(35)44(18-22-6-10-27(31(38)30(22)37)52-15-4-3-14-51-20-24(47)19-46)34(50)29(32(35)48)33(49)43-26-9-8-23(36(39,40)41)16-25(26)21-7-11-28(53-2)42-17-21/h6-11,16-17,24,46-48H,3-5,12-15,18-20H2,1-2H3,(H,43,49)/t24-,35-/m1/s1. The lowest BCUT2D eigenvalue weighted by Gasteiger charge is -2.46. The van der Waals surface area contributed by atoms with E-state index in [2.05, 4.69) is 10.3 Å². The Morgan fingerprint density at radius 1 is 1.11 bits per heavy atom. The molecule has 1 aromatic heterocycles. The highest BCUT2D eigenvalue weighted by Crippen LogP contribution is 2.43. The Hall–Kier alpha value is -4.29. The number of aliphatic hydroxyl groups excluding tert-OH is 3. The average Bonchev–Trinajstić information content (AvgIpc) is 3.54. The first kappa shape index (κ1) is 39.9. The number of fused-ring (bicyclic) bond motifs is 1. The molecule has 0 bridgehead atoms. The summed E-state index contributed by atoms with van der Waals surface area (Å²) >= 11 is 1.32. The van der Waals surface area contributed by atoms with Crippen LogP contribution in [-0.4, -0.2) is 93.0 Å². The summed E-state index contributed by atoms with van der Waals surface area (Å²) in [6.45, 7) is 1.15. The van der Waals surface area contributed by atoms with Gasteiger partial charge in [-0.25, -0.2) is 14.4 Å². The highest BCUT2D eigenvalue weighted by Gasteiger charge is 2.53. The van der Waals surface area contributed by atoms with Crippen molar-refractivity contribution in [2.45, 2.75) is 62.0 Å². The molecule has 0 aliphatic carbocycles. The molecule has 0 spiro atoms. The number of anilines is 1. The number of hydrogen-bond acceptors (Lipinski definition) is 10. The summed E-state index contributed by atoms with van der Waals surface area (Å²) in [5.74, 6) is -5.61. The number of thioether (sulfide) groups is 1. The predicted molar refractivity (Wildman–Crippen MR) is 185 cm³/mol. The number of alkyl halides is 3. The zero-order chi connectivity index (χ0) is 38.5. The molecule has 1 saturated heterocycles. The molecule has 0 saturated carbocycles. The number of nitrogens with one attached hydrogen (secondary N) is 1. The molecule has 17 heteroatoms. The van der Waals surface area contributed by atoms with Gasteiger partial charge in [0, 0.05) is 41.7 Å².